The molecular weight excluding hydrogens is 348 g/mol. The summed E-state index contributed by atoms with van der Waals surface area (Å²) in [5.74, 6) is 0.488. The highest BCUT2D eigenvalue weighted by Crippen LogP contribution is 2.43. The summed E-state index contributed by atoms with van der Waals surface area (Å²) in [6, 6.07) is 29.5. The average Bonchev–Trinajstić information content (AvgIpc) is 3.19. The Bertz CT molecular complexity index is 874. The van der Waals surface area contributed by atoms with Crippen LogP contribution in [0.25, 0.3) is 0 Å². The van der Waals surface area contributed by atoms with Crippen LogP contribution >= 0.6 is 0 Å². The lowest BCUT2D eigenvalue weighted by molar-refractivity contribution is -0.124. The monoisotopic (exact) mass is 372 g/mol. The molecule has 3 aromatic rings. The molecule has 1 fully saturated rings. The van der Waals surface area contributed by atoms with Crippen LogP contribution in [0.2, 0.25) is 0 Å². The number of benzene rings is 3. The van der Waals surface area contributed by atoms with Crippen LogP contribution in [0.1, 0.15) is 17.5 Å². The van der Waals surface area contributed by atoms with Crippen molar-refractivity contribution in [2.45, 2.75) is 11.8 Å². The van der Waals surface area contributed by atoms with Gasteiger partial charge in [0.1, 0.15) is 11.2 Å². The van der Waals surface area contributed by atoms with Crippen molar-refractivity contribution in [3.8, 4) is 5.75 Å². The van der Waals surface area contributed by atoms with Crippen LogP contribution in [0.5, 0.6) is 5.75 Å². The maximum absolute atomic E-state index is 13.0. The van der Waals surface area contributed by atoms with Crippen molar-refractivity contribution in [1.29, 1.82) is 0 Å². The van der Waals surface area contributed by atoms with Crippen molar-refractivity contribution in [2.75, 3.05) is 13.1 Å². The minimum atomic E-state index is -0.892. The van der Waals surface area contributed by atoms with Gasteiger partial charge in [0, 0.05) is 13.1 Å². The summed E-state index contributed by atoms with van der Waals surface area (Å²) >= 11 is 0. The van der Waals surface area contributed by atoms with Gasteiger partial charge in [-0.1, -0.05) is 78.9 Å². The first kappa shape index (κ1) is 18.3. The Morgan fingerprint density at radius 3 is 1.86 bits per heavy atom. The van der Waals surface area contributed by atoms with Crippen molar-refractivity contribution in [3.63, 3.8) is 0 Å². The van der Waals surface area contributed by atoms with Gasteiger partial charge in [0.2, 0.25) is 5.91 Å². The number of amides is 1. The summed E-state index contributed by atoms with van der Waals surface area (Å²) in [6.07, 6.45) is 0.819. The highest BCUT2D eigenvalue weighted by molar-refractivity contribution is 5.91. The third-order valence-corrected chi connectivity index (χ3v) is 5.59. The molecule has 1 aliphatic rings. The number of hydrogen-bond donors (Lipinski definition) is 1. The van der Waals surface area contributed by atoms with Crippen molar-refractivity contribution in [3.05, 3.63) is 102 Å². The Balaban J connectivity index is 1.71. The number of hydrogen-bond acceptors (Lipinski definition) is 3. The number of nitrogens with zero attached hydrogens (tertiary/aromatic N) is 1. The van der Waals surface area contributed by atoms with E-state index in [0.717, 1.165) is 29.8 Å². The quantitative estimate of drug-likeness (QED) is 0.717. The minimum absolute atomic E-state index is 0.0125. The van der Waals surface area contributed by atoms with Gasteiger partial charge in [-0.2, -0.15) is 0 Å². The Hall–Kier alpha value is -3.11. The molecule has 1 saturated heterocycles. The maximum atomic E-state index is 13.0. The number of carbonyl (C=O) groups excluding carboxylic acids is 1. The summed E-state index contributed by atoms with van der Waals surface area (Å²) in [7, 11) is 0. The molecule has 4 rings (SSSR count). The molecule has 1 atom stereocenters. The first-order valence-electron chi connectivity index (χ1n) is 9.60. The maximum Gasteiger partial charge on any atom is 0.232 e. The highest BCUT2D eigenvalue weighted by atomic mass is 16.7. The molecule has 1 heterocycles. The molecular formula is C24H24N2O2. The van der Waals surface area contributed by atoms with E-state index >= 15 is 0 Å². The number of carbonyl (C=O) groups is 1. The van der Waals surface area contributed by atoms with E-state index in [2.05, 4.69) is 0 Å². The molecule has 0 radical (unpaired) electrons. The van der Waals surface area contributed by atoms with E-state index in [4.69, 9.17) is 10.6 Å². The van der Waals surface area contributed by atoms with E-state index in [0.29, 0.717) is 6.54 Å². The Kier molecular flexibility index (Phi) is 5.13. The molecule has 0 saturated carbocycles. The van der Waals surface area contributed by atoms with Crippen molar-refractivity contribution < 1.29 is 9.63 Å². The van der Waals surface area contributed by atoms with Crippen LogP contribution in [0, 0.1) is 5.92 Å². The van der Waals surface area contributed by atoms with E-state index in [1.54, 1.807) is 0 Å². The second-order valence-electron chi connectivity index (χ2n) is 7.18. The van der Waals surface area contributed by atoms with Gasteiger partial charge in [0.15, 0.2) is 0 Å². The van der Waals surface area contributed by atoms with Gasteiger partial charge in [-0.25, -0.2) is 0 Å². The van der Waals surface area contributed by atoms with E-state index in [1.807, 2.05) is 96.1 Å². The van der Waals surface area contributed by atoms with Crippen LogP contribution in [-0.2, 0) is 10.2 Å². The summed E-state index contributed by atoms with van der Waals surface area (Å²) in [5.41, 5.74) is 7.09. The van der Waals surface area contributed by atoms with Gasteiger partial charge in [0.25, 0.3) is 0 Å². The summed E-state index contributed by atoms with van der Waals surface area (Å²) in [5, 5.41) is 1.93. The Morgan fingerprint density at radius 2 is 1.36 bits per heavy atom. The molecule has 28 heavy (non-hydrogen) atoms. The van der Waals surface area contributed by atoms with Crippen molar-refractivity contribution in [2.24, 2.45) is 11.7 Å². The normalized spacial score (nSPS) is 17.4. The molecule has 3 aromatic carbocycles. The molecule has 1 aliphatic heterocycles. The fraction of sp³-hybridized carbons (Fsp3) is 0.208. The molecule has 0 aliphatic carbocycles. The van der Waals surface area contributed by atoms with Crippen molar-refractivity contribution >= 4 is 5.91 Å². The predicted molar refractivity (Wildman–Crippen MR) is 110 cm³/mol. The first-order chi connectivity index (χ1) is 13.7. The van der Waals surface area contributed by atoms with Gasteiger partial charge in [-0.3, -0.25) is 4.79 Å². The van der Waals surface area contributed by atoms with Gasteiger partial charge in [-0.05, 0) is 35.6 Å². The molecule has 4 heteroatoms. The summed E-state index contributed by atoms with van der Waals surface area (Å²) < 4.78 is 0. The van der Waals surface area contributed by atoms with E-state index in [1.165, 1.54) is 0 Å². The summed E-state index contributed by atoms with van der Waals surface area (Å²) in [4.78, 5) is 19.1. The van der Waals surface area contributed by atoms with Crippen LogP contribution in [-0.4, -0.2) is 24.1 Å². The number of rotatable bonds is 6. The van der Waals surface area contributed by atoms with Crippen LogP contribution in [0.4, 0.5) is 0 Å². The van der Waals surface area contributed by atoms with Gasteiger partial charge in [-0.15, -0.1) is 5.06 Å². The standard InChI is InChI=1S/C24H24N2O2/c25-23(27)24(19-10-4-1-5-11-19,20-12-6-2-7-13-20)21-16-17-26(18-21)28-22-14-8-3-9-15-22/h1-15,21H,16-18H2,(H2,25,27). The second-order valence-corrected chi connectivity index (χ2v) is 7.18. The SMILES string of the molecule is NC(=O)C(c1ccccc1)(c1ccccc1)C1CCN(Oc2ccccc2)C1. The van der Waals surface area contributed by atoms with Crippen LogP contribution in [0.15, 0.2) is 91.0 Å². The number of hydroxylamine groups is 2. The third kappa shape index (κ3) is 3.27. The fourth-order valence-electron chi connectivity index (χ4n) is 4.32. The largest absolute Gasteiger partial charge is 0.406 e. The second kappa shape index (κ2) is 7.87. The Morgan fingerprint density at radius 1 is 0.857 bits per heavy atom. The van der Waals surface area contributed by atoms with Crippen LogP contribution < -0.4 is 10.6 Å². The Labute approximate surface area is 165 Å². The molecule has 0 spiro atoms. The molecule has 1 amide bonds. The molecule has 4 nitrogen and oxygen atoms in total. The minimum Gasteiger partial charge on any atom is -0.406 e. The van der Waals surface area contributed by atoms with E-state index in [9.17, 15) is 4.79 Å². The lowest BCUT2D eigenvalue weighted by Gasteiger charge is -2.37. The average molecular weight is 372 g/mol. The third-order valence-electron chi connectivity index (χ3n) is 5.59. The first-order valence-corrected chi connectivity index (χ1v) is 9.60. The van der Waals surface area contributed by atoms with Gasteiger partial charge < -0.3 is 10.6 Å². The lowest BCUT2D eigenvalue weighted by Crippen LogP contribution is -2.49. The molecule has 142 valence electrons. The smallest absolute Gasteiger partial charge is 0.232 e. The van der Waals surface area contributed by atoms with E-state index < -0.39 is 5.41 Å². The van der Waals surface area contributed by atoms with E-state index in [-0.39, 0.29) is 11.8 Å². The highest BCUT2D eigenvalue weighted by Gasteiger charge is 2.50. The van der Waals surface area contributed by atoms with Crippen LogP contribution in [0.3, 0.4) is 0 Å². The number of nitrogens with two attached hydrogens (primary N) is 1. The zero-order valence-corrected chi connectivity index (χ0v) is 15.7. The fourth-order valence-corrected chi connectivity index (χ4v) is 4.32. The summed E-state index contributed by atoms with van der Waals surface area (Å²) in [6.45, 7) is 1.37. The molecule has 0 bridgehead atoms. The molecule has 0 aromatic heterocycles. The predicted octanol–water partition coefficient (Wildman–Crippen LogP) is 3.77. The zero-order chi connectivity index (χ0) is 19.4. The lowest BCUT2D eigenvalue weighted by atomic mass is 9.65. The molecule has 1 unspecified atom stereocenters. The van der Waals surface area contributed by atoms with Gasteiger partial charge in [0.05, 0.1) is 0 Å². The molecule has 2 N–H and O–H groups in total. The van der Waals surface area contributed by atoms with Crippen molar-refractivity contribution in [1.82, 2.24) is 5.06 Å². The zero-order valence-electron chi connectivity index (χ0n) is 15.7. The number of para-hydroxylation sites is 1. The number of primary amides is 1. The topological polar surface area (TPSA) is 55.6 Å². The van der Waals surface area contributed by atoms with Gasteiger partial charge >= 0.3 is 0 Å².